The van der Waals surface area contributed by atoms with Crippen LogP contribution in [0.2, 0.25) is 0 Å². The van der Waals surface area contributed by atoms with Gasteiger partial charge in [0.05, 0.1) is 5.69 Å². The molecule has 15 heavy (non-hydrogen) atoms. The quantitative estimate of drug-likeness (QED) is 0.810. The van der Waals surface area contributed by atoms with E-state index in [1.807, 2.05) is 13.8 Å². The molecule has 0 aliphatic heterocycles. The van der Waals surface area contributed by atoms with E-state index < -0.39 is 5.91 Å². The lowest BCUT2D eigenvalue weighted by molar-refractivity contribution is 0.0994. The predicted octanol–water partition coefficient (Wildman–Crippen LogP) is 1.16. The maximum Gasteiger partial charge on any atom is 0.271 e. The van der Waals surface area contributed by atoms with Gasteiger partial charge < -0.3 is 5.73 Å². The average molecular weight is 210 g/mol. The summed E-state index contributed by atoms with van der Waals surface area (Å²) in [6.07, 6.45) is 0. The molecule has 5 heteroatoms. The van der Waals surface area contributed by atoms with Gasteiger partial charge in [-0.25, -0.2) is 4.68 Å². The number of primary amides is 1. The Labute approximate surface area is 89.6 Å². The zero-order valence-corrected chi connectivity index (χ0v) is 9.69. The van der Waals surface area contributed by atoms with E-state index in [1.54, 1.807) is 4.68 Å². The molecule has 5 nitrogen and oxygen atoms in total. The number of nitrogens with two attached hydrogens (primary N) is 1. The molecule has 2 N–H and O–H groups in total. The summed E-state index contributed by atoms with van der Waals surface area (Å²) in [5.74, 6) is 0.153. The molecule has 0 fully saturated rings. The smallest absolute Gasteiger partial charge is 0.271 e. The van der Waals surface area contributed by atoms with E-state index in [9.17, 15) is 4.79 Å². The minimum absolute atomic E-state index is 0.196. The minimum Gasteiger partial charge on any atom is -0.364 e. The van der Waals surface area contributed by atoms with E-state index in [-0.39, 0.29) is 5.92 Å². The molecule has 0 aliphatic carbocycles. The Balaban J connectivity index is 3.12. The highest BCUT2D eigenvalue weighted by Gasteiger charge is 2.20. The molecule has 0 saturated heterocycles. The number of hydrogen-bond donors (Lipinski definition) is 1. The maximum absolute atomic E-state index is 11.1. The van der Waals surface area contributed by atoms with Gasteiger partial charge in [0.15, 0.2) is 5.69 Å². The summed E-state index contributed by atoms with van der Waals surface area (Å²) in [4.78, 5) is 11.1. The molecule has 1 rings (SSSR count). The fourth-order valence-electron chi connectivity index (χ4n) is 1.55. The van der Waals surface area contributed by atoms with Crippen molar-refractivity contribution in [3.63, 3.8) is 0 Å². The largest absolute Gasteiger partial charge is 0.364 e. The molecule has 1 heterocycles. The van der Waals surface area contributed by atoms with Gasteiger partial charge in [0, 0.05) is 6.54 Å². The van der Waals surface area contributed by atoms with Crippen LogP contribution in [-0.2, 0) is 6.54 Å². The summed E-state index contributed by atoms with van der Waals surface area (Å²) in [7, 11) is 0. The third-order valence-electron chi connectivity index (χ3n) is 2.09. The highest BCUT2D eigenvalue weighted by Crippen LogP contribution is 2.18. The van der Waals surface area contributed by atoms with E-state index in [4.69, 9.17) is 5.73 Å². The summed E-state index contributed by atoms with van der Waals surface area (Å²) in [5, 5.41) is 7.79. The second-order valence-corrected chi connectivity index (χ2v) is 4.42. The van der Waals surface area contributed by atoms with Gasteiger partial charge in [0.2, 0.25) is 0 Å². The first kappa shape index (κ1) is 11.7. The number of hydrogen-bond acceptors (Lipinski definition) is 3. The lowest BCUT2D eigenvalue weighted by Crippen LogP contribution is -2.17. The van der Waals surface area contributed by atoms with Crippen molar-refractivity contribution >= 4 is 5.91 Å². The summed E-state index contributed by atoms with van der Waals surface area (Å²) in [5.41, 5.74) is 6.37. The molecule has 0 aliphatic rings. The zero-order valence-electron chi connectivity index (χ0n) is 9.69. The summed E-state index contributed by atoms with van der Waals surface area (Å²) in [6, 6.07) is 0. The van der Waals surface area contributed by atoms with Gasteiger partial charge in [-0.1, -0.05) is 32.9 Å². The van der Waals surface area contributed by atoms with E-state index >= 15 is 0 Å². The SMILES string of the molecule is CC(C)Cn1nnc(C(N)=O)c1C(C)C. The van der Waals surface area contributed by atoms with Crippen LogP contribution in [-0.4, -0.2) is 20.9 Å². The first-order valence-corrected chi connectivity index (χ1v) is 5.16. The van der Waals surface area contributed by atoms with Crippen molar-refractivity contribution in [1.82, 2.24) is 15.0 Å². The molecule has 1 aromatic rings. The first-order valence-electron chi connectivity index (χ1n) is 5.16. The van der Waals surface area contributed by atoms with E-state index in [1.165, 1.54) is 0 Å². The first-order chi connectivity index (χ1) is 6.93. The van der Waals surface area contributed by atoms with E-state index in [0.29, 0.717) is 11.6 Å². The standard InChI is InChI=1S/C10H18N4O/c1-6(2)5-14-9(7(3)4)8(10(11)15)12-13-14/h6-7H,5H2,1-4H3,(H2,11,15). The van der Waals surface area contributed by atoms with E-state index in [2.05, 4.69) is 24.2 Å². The van der Waals surface area contributed by atoms with E-state index in [0.717, 1.165) is 12.2 Å². The fourth-order valence-corrected chi connectivity index (χ4v) is 1.55. The number of carbonyl (C=O) groups excluding carboxylic acids is 1. The predicted molar refractivity (Wildman–Crippen MR) is 57.5 cm³/mol. The van der Waals surface area contributed by atoms with Crippen LogP contribution in [0.15, 0.2) is 0 Å². The zero-order chi connectivity index (χ0) is 11.6. The molecular formula is C10H18N4O. The highest BCUT2D eigenvalue weighted by atomic mass is 16.1. The Hall–Kier alpha value is -1.39. The summed E-state index contributed by atoms with van der Waals surface area (Å²) >= 11 is 0. The second-order valence-electron chi connectivity index (χ2n) is 4.42. The molecule has 1 amide bonds. The Morgan fingerprint density at radius 1 is 1.40 bits per heavy atom. The molecule has 0 radical (unpaired) electrons. The van der Waals surface area contributed by atoms with Crippen molar-refractivity contribution in [3.8, 4) is 0 Å². The van der Waals surface area contributed by atoms with Crippen molar-refractivity contribution in [2.75, 3.05) is 0 Å². The van der Waals surface area contributed by atoms with Crippen LogP contribution in [0.4, 0.5) is 0 Å². The lowest BCUT2D eigenvalue weighted by atomic mass is 10.1. The normalized spacial score (nSPS) is 11.3. The topological polar surface area (TPSA) is 73.8 Å². The molecular weight excluding hydrogens is 192 g/mol. The third-order valence-corrected chi connectivity index (χ3v) is 2.09. The Bertz CT molecular complexity index is 354. The molecule has 1 aromatic heterocycles. The van der Waals surface area contributed by atoms with Crippen molar-refractivity contribution < 1.29 is 4.79 Å². The van der Waals surface area contributed by atoms with Crippen LogP contribution >= 0.6 is 0 Å². The fraction of sp³-hybridized carbons (Fsp3) is 0.700. The van der Waals surface area contributed by atoms with Crippen LogP contribution in [0.3, 0.4) is 0 Å². The van der Waals surface area contributed by atoms with Gasteiger partial charge in [-0.15, -0.1) is 5.10 Å². The van der Waals surface area contributed by atoms with Crippen molar-refractivity contribution in [2.24, 2.45) is 11.7 Å². The van der Waals surface area contributed by atoms with Crippen LogP contribution in [0.5, 0.6) is 0 Å². The molecule has 84 valence electrons. The molecule has 0 bridgehead atoms. The van der Waals surface area contributed by atoms with Gasteiger partial charge in [-0.05, 0) is 11.8 Å². The van der Waals surface area contributed by atoms with Gasteiger partial charge in [-0.3, -0.25) is 4.79 Å². The number of nitrogens with zero attached hydrogens (tertiary/aromatic N) is 3. The maximum atomic E-state index is 11.1. The number of aromatic nitrogens is 3. The van der Waals surface area contributed by atoms with Crippen molar-refractivity contribution in [3.05, 3.63) is 11.4 Å². The molecule has 0 atom stereocenters. The van der Waals surface area contributed by atoms with Gasteiger partial charge in [-0.2, -0.15) is 0 Å². The minimum atomic E-state index is -0.506. The van der Waals surface area contributed by atoms with Crippen molar-refractivity contribution in [2.45, 2.75) is 40.2 Å². The Morgan fingerprint density at radius 3 is 2.40 bits per heavy atom. The molecule has 0 saturated carbocycles. The Kier molecular flexibility index (Phi) is 3.44. The molecule has 0 unspecified atom stereocenters. The number of rotatable bonds is 4. The summed E-state index contributed by atoms with van der Waals surface area (Å²) in [6.45, 7) is 8.95. The van der Waals surface area contributed by atoms with Gasteiger partial charge in [0.25, 0.3) is 5.91 Å². The number of amides is 1. The van der Waals surface area contributed by atoms with Crippen LogP contribution in [0.1, 0.15) is 49.8 Å². The lowest BCUT2D eigenvalue weighted by Gasteiger charge is -2.11. The van der Waals surface area contributed by atoms with Gasteiger partial charge >= 0.3 is 0 Å². The van der Waals surface area contributed by atoms with Crippen LogP contribution in [0.25, 0.3) is 0 Å². The monoisotopic (exact) mass is 210 g/mol. The molecule has 0 spiro atoms. The number of carbonyl (C=O) groups is 1. The Morgan fingerprint density at radius 2 is 2.00 bits per heavy atom. The highest BCUT2D eigenvalue weighted by molar-refractivity contribution is 5.91. The van der Waals surface area contributed by atoms with Gasteiger partial charge in [0.1, 0.15) is 0 Å². The van der Waals surface area contributed by atoms with Crippen LogP contribution < -0.4 is 5.73 Å². The third kappa shape index (κ3) is 2.55. The second kappa shape index (κ2) is 4.42. The van der Waals surface area contributed by atoms with Crippen LogP contribution in [0, 0.1) is 5.92 Å². The summed E-state index contributed by atoms with van der Waals surface area (Å²) < 4.78 is 1.77. The van der Waals surface area contributed by atoms with Crippen molar-refractivity contribution in [1.29, 1.82) is 0 Å². The average Bonchev–Trinajstić information content (AvgIpc) is 2.46. The molecule has 0 aromatic carbocycles.